The Morgan fingerprint density at radius 2 is 2.15 bits per heavy atom. The summed E-state index contributed by atoms with van der Waals surface area (Å²) in [5, 5.41) is 9.15. The number of rotatable bonds is 0. The zero-order valence-corrected chi connectivity index (χ0v) is 7.88. The van der Waals surface area contributed by atoms with Crippen molar-refractivity contribution in [1.29, 1.82) is 5.26 Å². The Kier molecular flexibility index (Phi) is 1.84. The van der Waals surface area contributed by atoms with Crippen molar-refractivity contribution in [1.82, 2.24) is 0 Å². The third kappa shape index (κ3) is 1.23. The highest BCUT2D eigenvalue weighted by Gasteiger charge is 2.31. The molecule has 0 fully saturated rings. The zero-order chi connectivity index (χ0) is 9.31. The normalized spacial score (nSPS) is 26.2. The highest BCUT2D eigenvalue weighted by Crippen LogP contribution is 2.36. The summed E-state index contributed by atoms with van der Waals surface area (Å²) in [4.78, 5) is 0. The van der Waals surface area contributed by atoms with Crippen LogP contribution in [0.15, 0.2) is 24.3 Å². The first kappa shape index (κ1) is 8.31. The van der Waals surface area contributed by atoms with Gasteiger partial charge in [0.2, 0.25) is 0 Å². The molecule has 0 saturated heterocycles. The molecular weight excluding hydrogens is 158 g/mol. The van der Waals surface area contributed by atoms with Gasteiger partial charge in [-0.25, -0.2) is 0 Å². The van der Waals surface area contributed by atoms with E-state index in [1.807, 2.05) is 13.0 Å². The molecule has 1 aliphatic carbocycles. The van der Waals surface area contributed by atoms with Crippen LogP contribution in [0.1, 0.15) is 30.9 Å². The van der Waals surface area contributed by atoms with Crippen LogP contribution in [-0.2, 0) is 11.8 Å². The van der Waals surface area contributed by atoms with E-state index >= 15 is 0 Å². The maximum Gasteiger partial charge on any atom is 0.0797 e. The van der Waals surface area contributed by atoms with Crippen molar-refractivity contribution in [3.8, 4) is 6.07 Å². The quantitative estimate of drug-likeness (QED) is 0.588. The Balaban J connectivity index is 2.56. The van der Waals surface area contributed by atoms with Crippen LogP contribution in [0.3, 0.4) is 0 Å². The van der Waals surface area contributed by atoms with Gasteiger partial charge >= 0.3 is 0 Å². The molecule has 1 nitrogen and oxygen atoms in total. The lowest BCUT2D eigenvalue weighted by atomic mass is 9.72. The molecule has 1 aliphatic rings. The lowest BCUT2D eigenvalue weighted by Crippen LogP contribution is -2.25. The van der Waals surface area contributed by atoms with Gasteiger partial charge in [-0.2, -0.15) is 5.26 Å². The number of benzene rings is 1. The van der Waals surface area contributed by atoms with E-state index in [9.17, 15) is 0 Å². The Bertz CT molecular complexity index is 362. The molecule has 1 heteroatoms. The third-order valence-corrected chi connectivity index (χ3v) is 2.98. The van der Waals surface area contributed by atoms with E-state index in [1.54, 1.807) is 0 Å². The molecule has 0 saturated carbocycles. The second-order valence-electron chi connectivity index (χ2n) is 3.95. The van der Waals surface area contributed by atoms with Crippen LogP contribution in [0.25, 0.3) is 0 Å². The summed E-state index contributed by atoms with van der Waals surface area (Å²) in [6.45, 7) is 2.05. The summed E-state index contributed by atoms with van der Waals surface area (Å²) >= 11 is 0. The molecule has 0 spiro atoms. The van der Waals surface area contributed by atoms with Crippen molar-refractivity contribution >= 4 is 0 Å². The molecule has 1 atom stereocenters. The minimum atomic E-state index is -0.241. The van der Waals surface area contributed by atoms with E-state index in [0.717, 1.165) is 19.3 Å². The minimum Gasteiger partial charge on any atom is -0.197 e. The largest absolute Gasteiger partial charge is 0.197 e. The van der Waals surface area contributed by atoms with Crippen molar-refractivity contribution in [2.75, 3.05) is 0 Å². The number of hydrogen-bond donors (Lipinski definition) is 0. The molecule has 66 valence electrons. The van der Waals surface area contributed by atoms with Crippen LogP contribution < -0.4 is 0 Å². The average Bonchev–Trinajstić information content (AvgIpc) is 2.19. The molecule has 1 aromatic carbocycles. The Hall–Kier alpha value is -1.29. The summed E-state index contributed by atoms with van der Waals surface area (Å²) in [5.74, 6) is 0. The SMILES string of the molecule is C[C@]1(C#N)CCCc2ccccc21. The predicted molar refractivity (Wildman–Crippen MR) is 52.3 cm³/mol. The molecule has 0 unspecified atom stereocenters. The van der Waals surface area contributed by atoms with Gasteiger partial charge in [-0.3, -0.25) is 0 Å². The van der Waals surface area contributed by atoms with Crippen molar-refractivity contribution < 1.29 is 0 Å². The molecule has 1 aromatic rings. The van der Waals surface area contributed by atoms with E-state index in [-0.39, 0.29) is 5.41 Å². The number of hydrogen-bond acceptors (Lipinski definition) is 1. The van der Waals surface area contributed by atoms with Crippen LogP contribution in [0.2, 0.25) is 0 Å². The van der Waals surface area contributed by atoms with Gasteiger partial charge in [-0.1, -0.05) is 24.3 Å². The number of fused-ring (bicyclic) bond motifs is 1. The lowest BCUT2D eigenvalue weighted by molar-refractivity contribution is 0.492. The monoisotopic (exact) mass is 171 g/mol. The molecule has 0 aliphatic heterocycles. The van der Waals surface area contributed by atoms with E-state index in [4.69, 9.17) is 5.26 Å². The second kappa shape index (κ2) is 2.88. The van der Waals surface area contributed by atoms with Crippen molar-refractivity contribution in [3.05, 3.63) is 35.4 Å². The average molecular weight is 171 g/mol. The minimum absolute atomic E-state index is 0.241. The van der Waals surface area contributed by atoms with Crippen LogP contribution in [0.4, 0.5) is 0 Å². The highest BCUT2D eigenvalue weighted by molar-refractivity contribution is 5.40. The molecule has 13 heavy (non-hydrogen) atoms. The van der Waals surface area contributed by atoms with Crippen LogP contribution in [0, 0.1) is 11.3 Å². The molecule has 0 heterocycles. The van der Waals surface area contributed by atoms with E-state index in [1.165, 1.54) is 11.1 Å². The first-order valence-electron chi connectivity index (χ1n) is 4.76. The van der Waals surface area contributed by atoms with Gasteiger partial charge in [0.25, 0.3) is 0 Å². The molecule has 0 aromatic heterocycles. The standard InChI is InChI=1S/C12H13N/c1-12(9-13)8-4-6-10-5-2-3-7-11(10)12/h2-3,5,7H,4,6,8H2,1H3/t12-/m1/s1. The van der Waals surface area contributed by atoms with Crippen LogP contribution in [-0.4, -0.2) is 0 Å². The fraction of sp³-hybridized carbons (Fsp3) is 0.417. The molecule has 0 amide bonds. The molecule has 2 rings (SSSR count). The summed E-state index contributed by atoms with van der Waals surface area (Å²) in [7, 11) is 0. The predicted octanol–water partition coefficient (Wildman–Crippen LogP) is 2.80. The topological polar surface area (TPSA) is 23.8 Å². The van der Waals surface area contributed by atoms with Gasteiger partial charge in [0.05, 0.1) is 11.5 Å². The fourth-order valence-corrected chi connectivity index (χ4v) is 2.16. The molecular formula is C12H13N. The fourth-order valence-electron chi connectivity index (χ4n) is 2.16. The van der Waals surface area contributed by atoms with Gasteiger partial charge in [0.1, 0.15) is 0 Å². The van der Waals surface area contributed by atoms with Crippen molar-refractivity contribution in [2.24, 2.45) is 0 Å². The smallest absolute Gasteiger partial charge is 0.0797 e. The summed E-state index contributed by atoms with van der Waals surface area (Å²) in [6.07, 6.45) is 3.27. The van der Waals surface area contributed by atoms with Crippen molar-refractivity contribution in [3.63, 3.8) is 0 Å². The Morgan fingerprint density at radius 1 is 1.38 bits per heavy atom. The number of nitrogens with zero attached hydrogens (tertiary/aromatic N) is 1. The molecule has 0 N–H and O–H groups in total. The van der Waals surface area contributed by atoms with Crippen molar-refractivity contribution in [2.45, 2.75) is 31.6 Å². The molecule has 0 radical (unpaired) electrons. The van der Waals surface area contributed by atoms with E-state index in [0.29, 0.717) is 0 Å². The van der Waals surface area contributed by atoms with Crippen LogP contribution in [0.5, 0.6) is 0 Å². The zero-order valence-electron chi connectivity index (χ0n) is 7.88. The maximum absolute atomic E-state index is 9.15. The second-order valence-corrected chi connectivity index (χ2v) is 3.95. The van der Waals surface area contributed by atoms with Gasteiger partial charge in [-0.05, 0) is 37.3 Å². The Morgan fingerprint density at radius 3 is 2.92 bits per heavy atom. The molecule has 0 bridgehead atoms. The summed E-state index contributed by atoms with van der Waals surface area (Å²) in [5.41, 5.74) is 2.36. The number of aryl methyl sites for hydroxylation is 1. The van der Waals surface area contributed by atoms with E-state index < -0.39 is 0 Å². The summed E-state index contributed by atoms with van der Waals surface area (Å²) in [6, 6.07) is 10.8. The summed E-state index contributed by atoms with van der Waals surface area (Å²) < 4.78 is 0. The Labute approximate surface area is 79.0 Å². The first-order chi connectivity index (χ1) is 6.26. The van der Waals surface area contributed by atoms with Gasteiger partial charge in [0.15, 0.2) is 0 Å². The lowest BCUT2D eigenvalue weighted by Gasteiger charge is -2.29. The van der Waals surface area contributed by atoms with Gasteiger partial charge in [0, 0.05) is 0 Å². The first-order valence-corrected chi connectivity index (χ1v) is 4.76. The maximum atomic E-state index is 9.15. The van der Waals surface area contributed by atoms with Gasteiger partial charge in [-0.15, -0.1) is 0 Å². The van der Waals surface area contributed by atoms with E-state index in [2.05, 4.69) is 24.3 Å². The third-order valence-electron chi connectivity index (χ3n) is 2.98. The highest BCUT2D eigenvalue weighted by atomic mass is 14.4. The van der Waals surface area contributed by atoms with Gasteiger partial charge < -0.3 is 0 Å². The number of nitriles is 1. The van der Waals surface area contributed by atoms with Crippen LogP contribution >= 0.6 is 0 Å².